The maximum Gasteiger partial charge on any atom is 0.227 e. The number of oxazole rings is 1. The van der Waals surface area contributed by atoms with Crippen LogP contribution in [0.15, 0.2) is 201 Å². The van der Waals surface area contributed by atoms with E-state index in [9.17, 15) is 0 Å². The highest BCUT2D eigenvalue weighted by molar-refractivity contribution is 6.14. The van der Waals surface area contributed by atoms with Crippen molar-refractivity contribution in [2.24, 2.45) is 0 Å². The van der Waals surface area contributed by atoms with Crippen molar-refractivity contribution >= 4 is 89.1 Å². The summed E-state index contributed by atoms with van der Waals surface area (Å²) in [6.07, 6.45) is 0. The van der Waals surface area contributed by atoms with Crippen molar-refractivity contribution < 1.29 is 13.3 Å². The van der Waals surface area contributed by atoms with Crippen molar-refractivity contribution in [3.05, 3.63) is 188 Å². The lowest BCUT2D eigenvalue weighted by molar-refractivity contribution is 0.620. The van der Waals surface area contributed by atoms with E-state index < -0.39 is 0 Å². The Bertz CT molecular complexity index is 3170. The zero-order valence-electron chi connectivity index (χ0n) is 29.5. The third kappa shape index (κ3) is 5.15. The molecule has 8 aromatic carbocycles. The smallest absolute Gasteiger partial charge is 0.227 e. The van der Waals surface area contributed by atoms with Gasteiger partial charge in [-0.1, -0.05) is 97.1 Å². The highest BCUT2D eigenvalue weighted by Gasteiger charge is 2.26. The van der Waals surface area contributed by atoms with Gasteiger partial charge in [-0.05, 0) is 84.9 Å². The number of rotatable bonds is 7. The summed E-state index contributed by atoms with van der Waals surface area (Å²) >= 11 is 0. The van der Waals surface area contributed by atoms with Gasteiger partial charge in [0.05, 0.1) is 22.4 Å². The van der Waals surface area contributed by atoms with Crippen molar-refractivity contribution in [2.75, 3.05) is 9.80 Å². The van der Waals surface area contributed by atoms with Crippen LogP contribution < -0.4 is 9.80 Å². The Hall–Kier alpha value is -7.57. The third-order valence-electron chi connectivity index (χ3n) is 10.2. The quantitative estimate of drug-likeness (QED) is 0.164. The second-order valence-corrected chi connectivity index (χ2v) is 13.6. The van der Waals surface area contributed by atoms with Crippen LogP contribution in [-0.4, -0.2) is 4.98 Å². The van der Waals surface area contributed by atoms with Crippen molar-refractivity contribution in [3.63, 3.8) is 0 Å². The predicted molar refractivity (Wildman–Crippen MR) is 223 cm³/mol. The molecule has 0 amide bonds. The van der Waals surface area contributed by atoms with Gasteiger partial charge in [0.2, 0.25) is 5.89 Å². The van der Waals surface area contributed by atoms with E-state index in [0.717, 1.165) is 89.1 Å². The first-order chi connectivity index (χ1) is 27.3. The number of nitrogens with zero attached hydrogens (tertiary/aromatic N) is 3. The minimum absolute atomic E-state index is 0.549. The summed E-state index contributed by atoms with van der Waals surface area (Å²) in [6, 6.07) is 64.3. The molecular weight excluding hydrogens is 679 g/mol. The van der Waals surface area contributed by atoms with E-state index >= 15 is 0 Å². The molecule has 0 N–H and O–H groups in total. The number of aromatic nitrogens is 1. The number of furan rings is 2. The summed E-state index contributed by atoms with van der Waals surface area (Å²) in [6.45, 7) is 0. The molecule has 11 aromatic rings. The fourth-order valence-electron chi connectivity index (χ4n) is 7.81. The predicted octanol–water partition coefficient (Wildman–Crippen LogP) is 14.2. The van der Waals surface area contributed by atoms with E-state index in [4.69, 9.17) is 18.2 Å². The van der Waals surface area contributed by atoms with E-state index in [1.807, 2.05) is 78.9 Å². The molecular formula is C49H31N3O3. The molecule has 0 atom stereocenters. The third-order valence-corrected chi connectivity index (χ3v) is 10.2. The summed E-state index contributed by atoms with van der Waals surface area (Å²) in [5.41, 5.74) is 11.3. The first-order valence-electron chi connectivity index (χ1n) is 18.3. The first-order valence-corrected chi connectivity index (χ1v) is 18.3. The number of hydrogen-bond donors (Lipinski definition) is 0. The van der Waals surface area contributed by atoms with Crippen molar-refractivity contribution in [1.29, 1.82) is 0 Å². The lowest BCUT2D eigenvalue weighted by atomic mass is 10.1. The Labute approximate surface area is 315 Å². The SMILES string of the molecule is c1ccc(-c2nc3c(N(c4ccccc4)c4ccc5oc6ccccc6c5c4)cc(N(c4ccccc4)c4cccc5oc6ccccc6c45)cc3o2)cc1. The number of fused-ring (bicyclic) bond motifs is 7. The molecule has 6 heteroatoms. The monoisotopic (exact) mass is 709 g/mol. The van der Waals surface area contributed by atoms with Gasteiger partial charge in [-0.2, -0.15) is 0 Å². The van der Waals surface area contributed by atoms with Gasteiger partial charge >= 0.3 is 0 Å². The molecule has 0 unspecified atom stereocenters. The van der Waals surface area contributed by atoms with Crippen LogP contribution in [0.3, 0.4) is 0 Å². The molecule has 0 saturated carbocycles. The molecule has 3 aromatic heterocycles. The fourth-order valence-corrected chi connectivity index (χ4v) is 7.81. The normalized spacial score (nSPS) is 11.6. The van der Waals surface area contributed by atoms with Crippen LogP contribution in [0.5, 0.6) is 0 Å². The maximum absolute atomic E-state index is 6.74. The minimum Gasteiger partial charge on any atom is -0.456 e. The van der Waals surface area contributed by atoms with E-state index in [2.05, 4.69) is 119 Å². The summed E-state index contributed by atoms with van der Waals surface area (Å²) < 4.78 is 19.4. The van der Waals surface area contributed by atoms with E-state index in [-0.39, 0.29) is 0 Å². The lowest BCUT2D eigenvalue weighted by Gasteiger charge is -2.29. The second-order valence-electron chi connectivity index (χ2n) is 13.6. The molecule has 0 fully saturated rings. The summed E-state index contributed by atoms with van der Waals surface area (Å²) in [7, 11) is 0. The van der Waals surface area contributed by atoms with Crippen LogP contribution in [0.2, 0.25) is 0 Å². The molecule has 11 rings (SSSR count). The van der Waals surface area contributed by atoms with Crippen molar-refractivity contribution in [1.82, 2.24) is 4.98 Å². The van der Waals surface area contributed by atoms with E-state index in [1.165, 1.54) is 0 Å². The molecule has 0 radical (unpaired) electrons. The number of para-hydroxylation sites is 4. The van der Waals surface area contributed by atoms with Gasteiger partial charge in [0.15, 0.2) is 5.58 Å². The molecule has 0 aliphatic rings. The highest BCUT2D eigenvalue weighted by atomic mass is 16.3. The van der Waals surface area contributed by atoms with Gasteiger partial charge in [0.1, 0.15) is 27.8 Å². The Balaban J connectivity index is 1.22. The number of anilines is 6. The number of hydrogen-bond acceptors (Lipinski definition) is 6. The van der Waals surface area contributed by atoms with E-state index in [1.54, 1.807) is 0 Å². The summed E-state index contributed by atoms with van der Waals surface area (Å²) in [5, 5.41) is 4.18. The van der Waals surface area contributed by atoms with Gasteiger partial charge < -0.3 is 23.1 Å². The zero-order valence-corrected chi connectivity index (χ0v) is 29.5. The standard InChI is InChI=1S/C49H31N3O3/c1-4-15-32(16-5-1)49-50-48-41(51(33-17-6-2-7-18-33)35-27-28-44-39(29-35)37-21-10-12-24-42(37)53-44)30-36(31-46(48)55-49)52(34-19-8-3-9-20-34)40-23-14-26-45-47(40)38-22-11-13-25-43(38)54-45/h1-31H. The summed E-state index contributed by atoms with van der Waals surface area (Å²) in [5.74, 6) is 0.549. The van der Waals surface area contributed by atoms with Crippen LogP contribution in [0.1, 0.15) is 0 Å². The molecule has 0 bridgehead atoms. The average Bonchev–Trinajstić information content (AvgIpc) is 3.96. The summed E-state index contributed by atoms with van der Waals surface area (Å²) in [4.78, 5) is 9.78. The van der Waals surface area contributed by atoms with Crippen molar-refractivity contribution in [3.8, 4) is 11.5 Å². The molecule has 0 aliphatic carbocycles. The van der Waals surface area contributed by atoms with Gasteiger partial charge in [-0.15, -0.1) is 0 Å². The average molecular weight is 710 g/mol. The fraction of sp³-hybridized carbons (Fsp3) is 0. The molecule has 0 spiro atoms. The molecule has 260 valence electrons. The molecule has 6 nitrogen and oxygen atoms in total. The van der Waals surface area contributed by atoms with E-state index in [0.29, 0.717) is 11.5 Å². The Morgan fingerprint density at radius 1 is 0.345 bits per heavy atom. The lowest BCUT2D eigenvalue weighted by Crippen LogP contribution is -2.14. The molecule has 0 aliphatic heterocycles. The largest absolute Gasteiger partial charge is 0.456 e. The maximum atomic E-state index is 6.74. The van der Waals surface area contributed by atoms with Crippen LogP contribution in [0, 0.1) is 0 Å². The molecule has 0 saturated heterocycles. The molecule has 3 heterocycles. The zero-order chi connectivity index (χ0) is 36.3. The molecule has 55 heavy (non-hydrogen) atoms. The van der Waals surface area contributed by atoms with Gasteiger partial charge in [-0.25, -0.2) is 4.98 Å². The first kappa shape index (κ1) is 31.0. The van der Waals surface area contributed by atoms with Gasteiger partial charge in [-0.3, -0.25) is 0 Å². The Morgan fingerprint density at radius 2 is 0.927 bits per heavy atom. The van der Waals surface area contributed by atoms with Crippen LogP contribution in [-0.2, 0) is 0 Å². The topological polar surface area (TPSA) is 58.8 Å². The highest BCUT2D eigenvalue weighted by Crippen LogP contribution is 2.48. The second kappa shape index (κ2) is 12.5. The van der Waals surface area contributed by atoms with Crippen LogP contribution in [0.4, 0.5) is 34.1 Å². The van der Waals surface area contributed by atoms with Crippen LogP contribution >= 0.6 is 0 Å². The minimum atomic E-state index is 0.549. The number of benzene rings is 8. The Kier molecular flexibility index (Phi) is 7.07. The van der Waals surface area contributed by atoms with Gasteiger partial charge in [0, 0.05) is 44.9 Å². The van der Waals surface area contributed by atoms with Crippen LogP contribution in [0.25, 0.3) is 66.4 Å². The van der Waals surface area contributed by atoms with Gasteiger partial charge in [0.25, 0.3) is 0 Å². The van der Waals surface area contributed by atoms with Crippen molar-refractivity contribution in [2.45, 2.75) is 0 Å². The Morgan fingerprint density at radius 3 is 1.67 bits per heavy atom.